The highest BCUT2D eigenvalue weighted by molar-refractivity contribution is 6.67. The molecule has 0 heterocycles. The first kappa shape index (κ1) is 17.1. The van der Waals surface area contributed by atoms with Crippen LogP contribution in [0.4, 0.5) is 0 Å². The van der Waals surface area contributed by atoms with Gasteiger partial charge in [0.15, 0.2) is 0 Å². The van der Waals surface area contributed by atoms with E-state index >= 15 is 0 Å². The first-order chi connectivity index (χ1) is 8.05. The van der Waals surface area contributed by atoms with Crippen LogP contribution < -0.4 is 0 Å². The van der Waals surface area contributed by atoms with E-state index < -0.39 is 8.56 Å². The molecule has 0 aliphatic heterocycles. The van der Waals surface area contributed by atoms with Crippen LogP contribution in [-0.4, -0.2) is 21.3 Å². The molecule has 0 aromatic rings. The summed E-state index contributed by atoms with van der Waals surface area (Å²) in [5.41, 5.74) is 0. The zero-order valence-corrected chi connectivity index (χ0v) is 13.7. The van der Waals surface area contributed by atoms with Crippen LogP contribution in [0, 0.1) is 5.92 Å². The summed E-state index contributed by atoms with van der Waals surface area (Å²) in [6, 6.07) is 2.13. The van der Waals surface area contributed by atoms with Crippen LogP contribution in [-0.2, 0) is 8.85 Å². The van der Waals surface area contributed by atoms with Crippen LogP contribution in [0.5, 0.6) is 0 Å². The summed E-state index contributed by atoms with van der Waals surface area (Å²) in [5.74, 6) is 0.583. The fourth-order valence-corrected chi connectivity index (χ4v) is 4.84. The molecule has 1 unspecified atom stereocenters. The van der Waals surface area contributed by atoms with Gasteiger partial charge in [0.1, 0.15) is 0 Å². The van der Waals surface area contributed by atoms with Gasteiger partial charge in [0.25, 0.3) is 0 Å². The molecule has 0 fully saturated rings. The Kier molecular flexibility index (Phi) is 9.19. The van der Waals surface area contributed by atoms with Crippen LogP contribution in [0.1, 0.15) is 60.8 Å². The van der Waals surface area contributed by atoms with Gasteiger partial charge in [-0.3, -0.25) is 0 Å². The summed E-state index contributed by atoms with van der Waals surface area (Å²) in [5, 5.41) is 0. The highest BCUT2D eigenvalue weighted by atomic mass is 28.4. The van der Waals surface area contributed by atoms with E-state index in [4.69, 9.17) is 8.85 Å². The minimum atomic E-state index is -1.93. The van der Waals surface area contributed by atoms with Gasteiger partial charge in [0, 0.05) is 12.7 Å². The van der Waals surface area contributed by atoms with Gasteiger partial charge in [-0.2, -0.15) is 0 Å². The van der Waals surface area contributed by atoms with Crippen molar-refractivity contribution < 1.29 is 8.85 Å². The molecule has 0 saturated carbocycles. The lowest BCUT2D eigenvalue weighted by Crippen LogP contribution is -2.45. The summed E-state index contributed by atoms with van der Waals surface area (Å²) in [7, 11) is -1.93. The van der Waals surface area contributed by atoms with Crippen molar-refractivity contribution in [2.45, 2.75) is 79.0 Å². The van der Waals surface area contributed by atoms with Crippen LogP contribution in [0.15, 0.2) is 0 Å². The van der Waals surface area contributed by atoms with Gasteiger partial charge in [-0.05, 0) is 30.8 Å². The first-order valence-corrected chi connectivity index (χ1v) is 9.60. The molecule has 0 N–H and O–H groups in total. The van der Waals surface area contributed by atoms with Gasteiger partial charge in [-0.15, -0.1) is 0 Å². The lowest BCUT2D eigenvalue weighted by molar-refractivity contribution is 0.0791. The zero-order valence-electron chi connectivity index (χ0n) is 12.7. The SMILES string of the molecule is CCCCO[Si](CC)(CC)OC(CC)C(C)C. The van der Waals surface area contributed by atoms with Crippen molar-refractivity contribution in [3.05, 3.63) is 0 Å². The van der Waals surface area contributed by atoms with Gasteiger partial charge < -0.3 is 8.85 Å². The molecule has 0 spiro atoms. The number of hydrogen-bond acceptors (Lipinski definition) is 2. The molecule has 0 aromatic carbocycles. The molecular formula is C14H32O2Si. The average Bonchev–Trinajstić information content (AvgIpc) is 2.33. The van der Waals surface area contributed by atoms with E-state index in [0.717, 1.165) is 31.5 Å². The predicted octanol–water partition coefficient (Wildman–Crippen LogP) is 4.74. The molecule has 0 rings (SSSR count). The molecular weight excluding hydrogens is 228 g/mol. The molecule has 0 radical (unpaired) electrons. The summed E-state index contributed by atoms with van der Waals surface area (Å²) >= 11 is 0. The lowest BCUT2D eigenvalue weighted by atomic mass is 10.1. The van der Waals surface area contributed by atoms with Crippen molar-refractivity contribution in [1.82, 2.24) is 0 Å². The fraction of sp³-hybridized carbons (Fsp3) is 1.00. The summed E-state index contributed by atoms with van der Waals surface area (Å²) in [4.78, 5) is 0. The highest BCUT2D eigenvalue weighted by Gasteiger charge is 2.36. The Hall–Kier alpha value is 0.137. The largest absolute Gasteiger partial charge is 0.394 e. The number of unbranched alkanes of at least 4 members (excludes halogenated alkanes) is 1. The molecule has 0 aliphatic rings. The van der Waals surface area contributed by atoms with Crippen molar-refractivity contribution in [3.63, 3.8) is 0 Å². The van der Waals surface area contributed by atoms with Gasteiger partial charge in [-0.1, -0.05) is 48.0 Å². The number of rotatable bonds is 10. The Bertz CT molecular complexity index is 179. The normalized spacial score (nSPS) is 14.3. The molecule has 0 amide bonds. The minimum absolute atomic E-state index is 0.364. The van der Waals surface area contributed by atoms with Crippen LogP contribution >= 0.6 is 0 Å². The maximum Gasteiger partial charge on any atom is 0.337 e. The van der Waals surface area contributed by atoms with Gasteiger partial charge in [0.2, 0.25) is 0 Å². The molecule has 0 aromatic heterocycles. The van der Waals surface area contributed by atoms with E-state index in [1.165, 1.54) is 6.42 Å². The van der Waals surface area contributed by atoms with E-state index in [1.54, 1.807) is 0 Å². The van der Waals surface area contributed by atoms with Gasteiger partial charge in [0.05, 0.1) is 0 Å². The zero-order chi connectivity index (χ0) is 13.3. The summed E-state index contributed by atoms with van der Waals surface area (Å²) in [6.07, 6.45) is 3.79. The first-order valence-electron chi connectivity index (χ1n) is 7.36. The van der Waals surface area contributed by atoms with E-state index in [-0.39, 0.29) is 0 Å². The fourth-order valence-electron chi connectivity index (χ4n) is 2.02. The molecule has 0 bridgehead atoms. The predicted molar refractivity (Wildman–Crippen MR) is 77.6 cm³/mol. The lowest BCUT2D eigenvalue weighted by Gasteiger charge is -2.34. The Balaban J connectivity index is 4.46. The van der Waals surface area contributed by atoms with Gasteiger partial charge >= 0.3 is 8.56 Å². The van der Waals surface area contributed by atoms with E-state index in [1.807, 2.05) is 0 Å². The average molecular weight is 260 g/mol. The Labute approximate surface area is 109 Å². The smallest absolute Gasteiger partial charge is 0.337 e. The van der Waals surface area contributed by atoms with Crippen LogP contribution in [0.2, 0.25) is 12.1 Å². The van der Waals surface area contributed by atoms with Gasteiger partial charge in [-0.25, -0.2) is 0 Å². The Morgan fingerprint density at radius 2 is 1.59 bits per heavy atom. The maximum atomic E-state index is 6.41. The highest BCUT2D eigenvalue weighted by Crippen LogP contribution is 2.25. The molecule has 3 heteroatoms. The summed E-state index contributed by atoms with van der Waals surface area (Å²) < 4.78 is 12.6. The van der Waals surface area contributed by atoms with Crippen molar-refractivity contribution in [1.29, 1.82) is 0 Å². The van der Waals surface area contributed by atoms with Crippen molar-refractivity contribution >= 4 is 8.56 Å². The Morgan fingerprint density at radius 3 is 1.94 bits per heavy atom. The van der Waals surface area contributed by atoms with E-state index in [9.17, 15) is 0 Å². The third-order valence-electron chi connectivity index (χ3n) is 3.45. The second-order valence-electron chi connectivity index (χ2n) is 5.13. The monoisotopic (exact) mass is 260 g/mol. The van der Waals surface area contributed by atoms with Crippen LogP contribution in [0.3, 0.4) is 0 Å². The van der Waals surface area contributed by atoms with E-state index in [2.05, 4.69) is 41.5 Å². The molecule has 1 atom stereocenters. The van der Waals surface area contributed by atoms with Crippen LogP contribution in [0.25, 0.3) is 0 Å². The summed E-state index contributed by atoms with van der Waals surface area (Å²) in [6.45, 7) is 14.2. The van der Waals surface area contributed by atoms with Crippen molar-refractivity contribution in [3.8, 4) is 0 Å². The molecule has 104 valence electrons. The third-order valence-corrected chi connectivity index (χ3v) is 7.07. The molecule has 2 nitrogen and oxygen atoms in total. The minimum Gasteiger partial charge on any atom is -0.394 e. The Morgan fingerprint density at radius 1 is 1.00 bits per heavy atom. The topological polar surface area (TPSA) is 18.5 Å². The van der Waals surface area contributed by atoms with E-state index in [0.29, 0.717) is 12.0 Å². The van der Waals surface area contributed by atoms with Crippen molar-refractivity contribution in [2.75, 3.05) is 6.61 Å². The molecule has 17 heavy (non-hydrogen) atoms. The quantitative estimate of drug-likeness (QED) is 0.417. The number of hydrogen-bond donors (Lipinski definition) is 0. The second-order valence-corrected chi connectivity index (χ2v) is 8.89. The molecule has 0 aliphatic carbocycles. The molecule has 0 saturated heterocycles. The maximum absolute atomic E-state index is 6.41. The van der Waals surface area contributed by atoms with Crippen molar-refractivity contribution in [2.24, 2.45) is 5.92 Å². The third kappa shape index (κ3) is 6.02. The standard InChI is InChI=1S/C14H32O2Si/c1-7-11-12-15-17(9-3,10-4)16-14(8-2)13(5)6/h13-14H,7-12H2,1-6H3. The second kappa shape index (κ2) is 9.12.